The molecule has 0 heterocycles. The molecule has 196 valence electrons. The van der Waals surface area contributed by atoms with Crippen LogP contribution in [0.4, 0.5) is 4.39 Å². The topological polar surface area (TPSA) is 0 Å². The summed E-state index contributed by atoms with van der Waals surface area (Å²) in [4.78, 5) is 5.36. The molecule has 0 amide bonds. The van der Waals surface area contributed by atoms with Gasteiger partial charge in [0, 0.05) is 0 Å². The fraction of sp³-hybridized carbons (Fsp3) is 0.353. The van der Waals surface area contributed by atoms with Crippen LogP contribution in [0, 0.1) is 5.82 Å². The van der Waals surface area contributed by atoms with Gasteiger partial charge in [-0.1, -0.05) is 0 Å². The summed E-state index contributed by atoms with van der Waals surface area (Å²) in [5.74, 6) is -0.178. The Kier molecular flexibility index (Phi) is 11.1. The van der Waals surface area contributed by atoms with Crippen molar-refractivity contribution in [1.29, 1.82) is 0 Å². The minimum atomic E-state index is -2.14. The van der Waals surface area contributed by atoms with E-state index in [0.717, 1.165) is 5.56 Å². The predicted octanol–water partition coefficient (Wildman–Crippen LogP) is 10.8. The summed E-state index contributed by atoms with van der Waals surface area (Å²) in [6.45, 7) is 14.3. The standard InChI is InChI=1S/C34H45FGe2/c1-7-36(8-2,9-3)26-33(28-16-14-13-15-17-28)29-18-20-30(21-19-29)34(27-37(10-4,11-5)12-6)31-22-24-32(35)25-23-31/h13-27H,7-12H2,1-6H3/b33-26-,34-27+. The maximum atomic E-state index is 13.8. The first-order chi connectivity index (χ1) is 17.9. The summed E-state index contributed by atoms with van der Waals surface area (Å²) in [6.07, 6.45) is 0. The van der Waals surface area contributed by atoms with Crippen molar-refractivity contribution in [3.05, 3.63) is 117 Å². The van der Waals surface area contributed by atoms with Crippen LogP contribution in [0.15, 0.2) is 88.7 Å². The average molecular weight is 618 g/mol. The third kappa shape index (κ3) is 7.18. The van der Waals surface area contributed by atoms with Gasteiger partial charge in [-0.15, -0.1) is 0 Å². The molecule has 3 heteroatoms. The molecule has 0 bridgehead atoms. The van der Waals surface area contributed by atoms with Crippen LogP contribution in [0.5, 0.6) is 0 Å². The number of hydrogen-bond acceptors (Lipinski definition) is 0. The van der Waals surface area contributed by atoms with Crippen molar-refractivity contribution in [2.45, 2.75) is 73.1 Å². The van der Waals surface area contributed by atoms with E-state index in [1.165, 1.54) is 59.4 Å². The number of halogens is 1. The van der Waals surface area contributed by atoms with Gasteiger partial charge in [0.05, 0.1) is 0 Å². The summed E-state index contributed by atoms with van der Waals surface area (Å²) in [5.41, 5.74) is 7.65. The molecule has 0 aliphatic carbocycles. The van der Waals surface area contributed by atoms with Crippen LogP contribution in [-0.2, 0) is 0 Å². The Balaban J connectivity index is 2.16. The van der Waals surface area contributed by atoms with E-state index in [1.807, 2.05) is 12.1 Å². The van der Waals surface area contributed by atoms with E-state index in [0.29, 0.717) is 0 Å². The molecule has 3 aromatic rings. The van der Waals surface area contributed by atoms with Gasteiger partial charge in [-0.05, 0) is 0 Å². The molecule has 37 heavy (non-hydrogen) atoms. The number of benzene rings is 3. The van der Waals surface area contributed by atoms with Gasteiger partial charge in [0.15, 0.2) is 0 Å². The Hall–Kier alpha value is -1.84. The molecule has 0 unspecified atom stereocenters. The van der Waals surface area contributed by atoms with Gasteiger partial charge in [0.25, 0.3) is 0 Å². The average Bonchev–Trinajstić information content (AvgIpc) is 2.97. The van der Waals surface area contributed by atoms with Crippen molar-refractivity contribution in [2.24, 2.45) is 0 Å². The monoisotopic (exact) mass is 620 g/mol. The Morgan fingerprint density at radius 2 is 0.784 bits per heavy atom. The molecule has 0 aliphatic rings. The van der Waals surface area contributed by atoms with Crippen LogP contribution >= 0.6 is 0 Å². The fourth-order valence-corrected chi connectivity index (χ4v) is 18.3. The predicted molar refractivity (Wildman–Crippen MR) is 168 cm³/mol. The van der Waals surface area contributed by atoms with Gasteiger partial charge in [-0.3, -0.25) is 0 Å². The summed E-state index contributed by atoms with van der Waals surface area (Å²) in [7, 11) is 0. The zero-order valence-electron chi connectivity index (χ0n) is 23.8. The van der Waals surface area contributed by atoms with E-state index in [1.54, 1.807) is 12.1 Å². The second-order valence-electron chi connectivity index (χ2n) is 10.4. The van der Waals surface area contributed by atoms with E-state index in [2.05, 4.69) is 106 Å². The Bertz CT molecular complexity index is 1150. The van der Waals surface area contributed by atoms with E-state index in [9.17, 15) is 4.39 Å². The minimum absolute atomic E-state index is 0.178. The molecule has 0 aliphatic heterocycles. The van der Waals surface area contributed by atoms with E-state index in [-0.39, 0.29) is 5.82 Å². The normalized spacial score (nSPS) is 13.2. The molecule has 0 aromatic heterocycles. The molecule has 0 fully saturated rings. The van der Waals surface area contributed by atoms with Crippen LogP contribution in [0.2, 0.25) is 31.5 Å². The fourth-order valence-electron chi connectivity index (χ4n) is 5.47. The van der Waals surface area contributed by atoms with Crippen LogP contribution in [-0.4, -0.2) is 26.5 Å². The molecule has 0 N–H and O–H groups in total. The summed E-state index contributed by atoms with van der Waals surface area (Å²) in [6, 6.07) is 27.2. The van der Waals surface area contributed by atoms with Crippen molar-refractivity contribution in [3.8, 4) is 0 Å². The van der Waals surface area contributed by atoms with Crippen molar-refractivity contribution < 1.29 is 4.39 Å². The van der Waals surface area contributed by atoms with Gasteiger partial charge in [-0.2, -0.15) is 0 Å². The van der Waals surface area contributed by atoms with Crippen LogP contribution in [0.3, 0.4) is 0 Å². The molecule has 0 nitrogen and oxygen atoms in total. The second-order valence-corrected chi connectivity index (χ2v) is 32.0. The van der Waals surface area contributed by atoms with Crippen LogP contribution in [0.1, 0.15) is 63.8 Å². The van der Waals surface area contributed by atoms with Gasteiger partial charge >= 0.3 is 232 Å². The Morgan fingerprint density at radius 1 is 0.486 bits per heavy atom. The first kappa shape index (κ1) is 29.7. The third-order valence-electron chi connectivity index (χ3n) is 8.87. The molecule has 3 rings (SSSR count). The molecule has 0 saturated carbocycles. The number of rotatable bonds is 12. The zero-order chi connectivity index (χ0) is 26.9. The second kappa shape index (κ2) is 13.8. The molecule has 0 atom stereocenters. The molecule has 0 radical (unpaired) electrons. The Morgan fingerprint density at radius 3 is 1.11 bits per heavy atom. The summed E-state index contributed by atoms with van der Waals surface area (Å²) in [5, 5.41) is 7.77. The Labute approximate surface area is 230 Å². The summed E-state index contributed by atoms with van der Waals surface area (Å²) < 4.78 is 13.8. The van der Waals surface area contributed by atoms with E-state index >= 15 is 0 Å². The van der Waals surface area contributed by atoms with E-state index < -0.39 is 26.5 Å². The number of hydrogen-bond donors (Lipinski definition) is 0. The van der Waals surface area contributed by atoms with Crippen molar-refractivity contribution in [1.82, 2.24) is 0 Å². The van der Waals surface area contributed by atoms with Gasteiger partial charge in [-0.25, -0.2) is 0 Å². The van der Waals surface area contributed by atoms with Crippen molar-refractivity contribution in [3.63, 3.8) is 0 Å². The maximum absolute atomic E-state index is 13.8. The first-order valence-electron chi connectivity index (χ1n) is 14.3. The summed E-state index contributed by atoms with van der Waals surface area (Å²) >= 11 is -4.22. The third-order valence-corrected chi connectivity index (χ3v) is 30.4. The van der Waals surface area contributed by atoms with Gasteiger partial charge in [0.2, 0.25) is 0 Å². The van der Waals surface area contributed by atoms with Crippen LogP contribution < -0.4 is 0 Å². The molecule has 0 spiro atoms. The quantitative estimate of drug-likeness (QED) is 0.177. The van der Waals surface area contributed by atoms with Crippen LogP contribution in [0.25, 0.3) is 11.1 Å². The molecule has 3 aromatic carbocycles. The van der Waals surface area contributed by atoms with Gasteiger partial charge in [0.1, 0.15) is 0 Å². The van der Waals surface area contributed by atoms with E-state index in [4.69, 9.17) is 0 Å². The van der Waals surface area contributed by atoms with Gasteiger partial charge < -0.3 is 0 Å². The van der Waals surface area contributed by atoms with Crippen molar-refractivity contribution in [2.75, 3.05) is 0 Å². The first-order valence-corrected chi connectivity index (χ1v) is 25.6. The molecular weight excluding hydrogens is 573 g/mol. The molecular formula is C34H45FGe2. The zero-order valence-corrected chi connectivity index (χ0v) is 28.0. The molecule has 0 saturated heterocycles. The SMILES string of the molecule is C[CH2][Ge](/[CH]=C(/c1ccccc1)c1ccc(/C(=[CH]\[Ge]([CH2]C)([CH2]C)[CH2]C)c2ccc(F)cc2)cc1)([CH2]C)[CH2]C. The van der Waals surface area contributed by atoms with Crippen molar-refractivity contribution >= 4 is 37.7 Å².